The fourth-order valence-electron chi connectivity index (χ4n) is 1.69. The van der Waals surface area contributed by atoms with E-state index in [9.17, 15) is 13.2 Å². The molecule has 0 fully saturated rings. The standard InChI is InChI=1S/C13H12F3NO3.ClH/c14-13(15,16)20-9-3-1-8(2-4-9)12(17)11-6-5-10(7-18)19-11;/h1-6,12,18H,7,17H2;1H/t12-;/m1./s1. The van der Waals surface area contributed by atoms with Crippen molar-refractivity contribution in [3.8, 4) is 5.75 Å². The van der Waals surface area contributed by atoms with E-state index in [4.69, 9.17) is 15.3 Å². The van der Waals surface area contributed by atoms with E-state index in [0.29, 0.717) is 17.1 Å². The van der Waals surface area contributed by atoms with Crippen molar-refractivity contribution >= 4 is 12.4 Å². The van der Waals surface area contributed by atoms with Crippen molar-refractivity contribution in [2.45, 2.75) is 19.0 Å². The van der Waals surface area contributed by atoms with Crippen LogP contribution in [0.1, 0.15) is 23.1 Å². The number of furan rings is 1. The monoisotopic (exact) mass is 323 g/mol. The lowest BCUT2D eigenvalue weighted by atomic mass is 10.1. The van der Waals surface area contributed by atoms with Crippen LogP contribution in [-0.2, 0) is 6.61 Å². The van der Waals surface area contributed by atoms with Gasteiger partial charge in [0.2, 0.25) is 0 Å². The lowest BCUT2D eigenvalue weighted by Crippen LogP contribution is -2.17. The first-order valence-corrected chi connectivity index (χ1v) is 5.70. The van der Waals surface area contributed by atoms with Crippen LogP contribution in [0.5, 0.6) is 5.75 Å². The van der Waals surface area contributed by atoms with Crippen LogP contribution in [0, 0.1) is 0 Å². The molecule has 2 aromatic rings. The molecule has 0 saturated carbocycles. The highest BCUT2D eigenvalue weighted by Gasteiger charge is 2.31. The van der Waals surface area contributed by atoms with Gasteiger partial charge in [-0.2, -0.15) is 0 Å². The first kappa shape index (κ1) is 17.4. The molecule has 0 spiro atoms. The Labute approximate surface area is 124 Å². The van der Waals surface area contributed by atoms with E-state index in [2.05, 4.69) is 4.74 Å². The third kappa shape index (κ3) is 4.66. The maximum absolute atomic E-state index is 12.0. The van der Waals surface area contributed by atoms with Gasteiger partial charge in [0.15, 0.2) is 0 Å². The fourth-order valence-corrected chi connectivity index (χ4v) is 1.69. The average molecular weight is 324 g/mol. The van der Waals surface area contributed by atoms with Crippen molar-refractivity contribution in [3.05, 3.63) is 53.5 Å². The molecule has 0 bridgehead atoms. The summed E-state index contributed by atoms with van der Waals surface area (Å²) in [6.07, 6.45) is -4.72. The molecule has 0 unspecified atom stereocenters. The molecule has 1 heterocycles. The zero-order chi connectivity index (χ0) is 14.8. The number of aliphatic hydroxyl groups is 1. The van der Waals surface area contributed by atoms with E-state index >= 15 is 0 Å². The third-order valence-electron chi connectivity index (χ3n) is 2.62. The summed E-state index contributed by atoms with van der Waals surface area (Å²) in [4.78, 5) is 0. The Morgan fingerprint density at radius 3 is 2.24 bits per heavy atom. The van der Waals surface area contributed by atoms with Gasteiger partial charge in [-0.15, -0.1) is 25.6 Å². The summed E-state index contributed by atoms with van der Waals surface area (Å²) in [6.45, 7) is -0.245. The Hall–Kier alpha value is -1.70. The molecular formula is C13H13ClF3NO3. The highest BCUT2D eigenvalue weighted by Crippen LogP contribution is 2.26. The van der Waals surface area contributed by atoms with E-state index in [1.54, 1.807) is 12.1 Å². The summed E-state index contributed by atoms with van der Waals surface area (Å²) in [5.74, 6) is 0.468. The number of rotatable bonds is 4. The zero-order valence-electron chi connectivity index (χ0n) is 10.6. The second-order valence-corrected chi connectivity index (χ2v) is 4.06. The van der Waals surface area contributed by atoms with Gasteiger partial charge in [-0.1, -0.05) is 12.1 Å². The molecule has 1 aromatic heterocycles. The van der Waals surface area contributed by atoms with Crippen molar-refractivity contribution in [1.29, 1.82) is 0 Å². The van der Waals surface area contributed by atoms with E-state index in [-0.39, 0.29) is 24.8 Å². The van der Waals surface area contributed by atoms with Crippen molar-refractivity contribution in [2.24, 2.45) is 5.73 Å². The predicted molar refractivity (Wildman–Crippen MR) is 71.0 cm³/mol. The minimum atomic E-state index is -4.72. The van der Waals surface area contributed by atoms with Crippen LogP contribution in [0.25, 0.3) is 0 Å². The molecule has 8 heteroatoms. The van der Waals surface area contributed by atoms with E-state index in [1.807, 2.05) is 0 Å². The molecular weight excluding hydrogens is 311 g/mol. The number of benzene rings is 1. The predicted octanol–water partition coefficient (Wildman–Crippen LogP) is 3.14. The quantitative estimate of drug-likeness (QED) is 0.907. The fraction of sp³-hybridized carbons (Fsp3) is 0.231. The molecule has 2 rings (SSSR count). The van der Waals surface area contributed by atoms with Gasteiger partial charge in [-0.3, -0.25) is 0 Å². The summed E-state index contributed by atoms with van der Waals surface area (Å²) in [7, 11) is 0. The minimum absolute atomic E-state index is 0. The molecule has 116 valence electrons. The molecule has 0 aliphatic rings. The smallest absolute Gasteiger partial charge is 0.462 e. The number of nitrogens with two attached hydrogens (primary N) is 1. The van der Waals surface area contributed by atoms with Crippen LogP contribution in [0.4, 0.5) is 13.2 Å². The van der Waals surface area contributed by atoms with Crippen LogP contribution in [0.2, 0.25) is 0 Å². The van der Waals surface area contributed by atoms with Crippen LogP contribution < -0.4 is 10.5 Å². The second kappa shape index (κ2) is 6.84. The maximum Gasteiger partial charge on any atom is 0.573 e. The van der Waals surface area contributed by atoms with Crippen LogP contribution >= 0.6 is 12.4 Å². The second-order valence-electron chi connectivity index (χ2n) is 4.06. The number of hydrogen-bond acceptors (Lipinski definition) is 4. The van der Waals surface area contributed by atoms with Crippen molar-refractivity contribution < 1.29 is 27.4 Å². The molecule has 0 aliphatic carbocycles. The number of ether oxygens (including phenoxy) is 1. The van der Waals surface area contributed by atoms with Gasteiger partial charge in [0.1, 0.15) is 23.9 Å². The molecule has 4 nitrogen and oxygen atoms in total. The van der Waals surface area contributed by atoms with Gasteiger partial charge in [0.05, 0.1) is 6.04 Å². The average Bonchev–Trinajstić information content (AvgIpc) is 2.85. The van der Waals surface area contributed by atoms with Gasteiger partial charge in [-0.25, -0.2) is 0 Å². The highest BCUT2D eigenvalue weighted by molar-refractivity contribution is 5.85. The lowest BCUT2D eigenvalue weighted by molar-refractivity contribution is -0.274. The van der Waals surface area contributed by atoms with Gasteiger partial charge in [0, 0.05) is 0 Å². The summed E-state index contributed by atoms with van der Waals surface area (Å²) in [6, 6.07) is 7.76. The van der Waals surface area contributed by atoms with Gasteiger partial charge >= 0.3 is 6.36 Å². The molecule has 3 N–H and O–H groups in total. The van der Waals surface area contributed by atoms with Crippen LogP contribution in [-0.4, -0.2) is 11.5 Å². The molecule has 0 radical (unpaired) electrons. The number of hydrogen-bond donors (Lipinski definition) is 2. The van der Waals surface area contributed by atoms with Gasteiger partial charge in [0.25, 0.3) is 0 Å². The highest BCUT2D eigenvalue weighted by atomic mass is 35.5. The summed E-state index contributed by atoms with van der Waals surface area (Å²) in [5, 5.41) is 8.89. The summed E-state index contributed by atoms with van der Waals surface area (Å²) >= 11 is 0. The third-order valence-corrected chi connectivity index (χ3v) is 2.62. The van der Waals surface area contributed by atoms with Crippen molar-refractivity contribution in [1.82, 2.24) is 0 Å². The van der Waals surface area contributed by atoms with E-state index in [0.717, 1.165) is 0 Å². The molecule has 0 saturated heterocycles. The molecule has 1 aromatic carbocycles. The zero-order valence-corrected chi connectivity index (χ0v) is 11.4. The maximum atomic E-state index is 12.0. The Morgan fingerprint density at radius 1 is 1.14 bits per heavy atom. The SMILES string of the molecule is Cl.N[C@H](c1ccc(OC(F)(F)F)cc1)c1ccc(CO)o1. The normalized spacial score (nSPS) is 12.6. The molecule has 0 amide bonds. The Bertz CT molecular complexity index is 569. The Balaban J connectivity index is 0.00000220. The van der Waals surface area contributed by atoms with E-state index in [1.165, 1.54) is 24.3 Å². The Morgan fingerprint density at radius 2 is 1.76 bits per heavy atom. The largest absolute Gasteiger partial charge is 0.573 e. The van der Waals surface area contributed by atoms with E-state index < -0.39 is 12.4 Å². The molecule has 1 atom stereocenters. The first-order valence-electron chi connectivity index (χ1n) is 5.70. The number of halogens is 4. The van der Waals surface area contributed by atoms with Gasteiger partial charge < -0.3 is 20.0 Å². The first-order chi connectivity index (χ1) is 9.39. The summed E-state index contributed by atoms with van der Waals surface area (Å²) < 4.78 is 45.1. The van der Waals surface area contributed by atoms with Crippen LogP contribution in [0.3, 0.4) is 0 Å². The number of aliphatic hydroxyl groups excluding tert-OH is 1. The van der Waals surface area contributed by atoms with Gasteiger partial charge in [-0.05, 0) is 29.8 Å². The summed E-state index contributed by atoms with van der Waals surface area (Å²) in [5.41, 5.74) is 6.49. The van der Waals surface area contributed by atoms with Crippen molar-refractivity contribution in [2.75, 3.05) is 0 Å². The molecule has 0 aliphatic heterocycles. The van der Waals surface area contributed by atoms with Crippen LogP contribution in [0.15, 0.2) is 40.8 Å². The lowest BCUT2D eigenvalue weighted by Gasteiger charge is -2.12. The number of alkyl halides is 3. The Kier molecular flexibility index (Phi) is 5.65. The topological polar surface area (TPSA) is 68.6 Å². The van der Waals surface area contributed by atoms with Crippen molar-refractivity contribution in [3.63, 3.8) is 0 Å². The minimum Gasteiger partial charge on any atom is -0.462 e. The molecule has 21 heavy (non-hydrogen) atoms.